The van der Waals surface area contributed by atoms with Gasteiger partial charge in [-0.2, -0.15) is 11.3 Å². The molecule has 3 rings (SSSR count). The molecule has 1 aromatic carbocycles. The zero-order valence-electron chi connectivity index (χ0n) is 12.4. The number of pyridine rings is 1. The molecule has 0 spiro atoms. The number of amides is 1. The molecule has 1 unspecified atom stereocenters. The predicted molar refractivity (Wildman–Crippen MR) is 93.0 cm³/mol. The Morgan fingerprint density at radius 2 is 2.26 bits per heavy atom. The van der Waals surface area contributed by atoms with Crippen LogP contribution in [0, 0.1) is 0 Å². The van der Waals surface area contributed by atoms with Crippen molar-refractivity contribution in [1.29, 1.82) is 0 Å². The first-order valence-corrected chi connectivity index (χ1v) is 8.37. The number of hydrogen-bond donors (Lipinski definition) is 2. The molecule has 0 fully saturated rings. The topological polar surface area (TPSA) is 62.2 Å². The third kappa shape index (κ3) is 3.37. The van der Waals surface area contributed by atoms with E-state index in [0.29, 0.717) is 16.1 Å². The molecule has 3 aromatic rings. The lowest BCUT2D eigenvalue weighted by molar-refractivity contribution is 0.0530. The monoisotopic (exact) mass is 346 g/mol. The van der Waals surface area contributed by atoms with Gasteiger partial charge in [-0.15, -0.1) is 0 Å². The highest BCUT2D eigenvalue weighted by Gasteiger charge is 2.25. The van der Waals surface area contributed by atoms with E-state index in [9.17, 15) is 9.90 Å². The largest absolute Gasteiger partial charge is 0.384 e. The molecular formula is C17H15ClN2O2S. The van der Waals surface area contributed by atoms with Crippen molar-refractivity contribution >= 4 is 39.7 Å². The predicted octanol–water partition coefficient (Wildman–Crippen LogP) is 3.59. The van der Waals surface area contributed by atoms with Crippen molar-refractivity contribution in [2.45, 2.75) is 12.5 Å². The van der Waals surface area contributed by atoms with Gasteiger partial charge >= 0.3 is 0 Å². The molecular weight excluding hydrogens is 332 g/mol. The number of nitrogens with zero attached hydrogens (tertiary/aromatic N) is 1. The number of fused-ring (bicyclic) bond motifs is 1. The van der Waals surface area contributed by atoms with Crippen LogP contribution < -0.4 is 5.32 Å². The Hall–Kier alpha value is -1.95. The van der Waals surface area contributed by atoms with Crippen LogP contribution in [-0.4, -0.2) is 22.5 Å². The number of aromatic nitrogens is 1. The van der Waals surface area contributed by atoms with Gasteiger partial charge in [-0.1, -0.05) is 17.7 Å². The number of thiophene rings is 1. The first kappa shape index (κ1) is 15.9. The molecule has 6 heteroatoms. The average Bonchev–Trinajstić information content (AvgIpc) is 3.07. The van der Waals surface area contributed by atoms with Crippen molar-refractivity contribution in [2.75, 3.05) is 6.54 Å². The van der Waals surface area contributed by atoms with Gasteiger partial charge in [0.25, 0.3) is 5.91 Å². The van der Waals surface area contributed by atoms with Crippen LogP contribution in [0.3, 0.4) is 0 Å². The maximum absolute atomic E-state index is 12.5. The number of carbonyl (C=O) groups is 1. The van der Waals surface area contributed by atoms with Crippen LogP contribution >= 0.6 is 22.9 Å². The van der Waals surface area contributed by atoms with Gasteiger partial charge in [-0.05, 0) is 47.5 Å². The molecule has 0 bridgehead atoms. The minimum atomic E-state index is -1.13. The fraction of sp³-hybridized carbons (Fsp3) is 0.176. The van der Waals surface area contributed by atoms with E-state index in [-0.39, 0.29) is 12.5 Å². The van der Waals surface area contributed by atoms with Crippen molar-refractivity contribution in [3.63, 3.8) is 0 Å². The van der Waals surface area contributed by atoms with Crippen molar-refractivity contribution in [3.05, 3.63) is 63.4 Å². The first-order chi connectivity index (χ1) is 11.0. The number of aliphatic hydroxyl groups is 1. The zero-order valence-corrected chi connectivity index (χ0v) is 14.0. The smallest absolute Gasteiger partial charge is 0.253 e. The van der Waals surface area contributed by atoms with Gasteiger partial charge in [0.15, 0.2) is 0 Å². The molecule has 2 heterocycles. The quantitative estimate of drug-likeness (QED) is 0.759. The highest BCUT2D eigenvalue weighted by molar-refractivity contribution is 7.08. The molecule has 0 aliphatic rings. The third-order valence-electron chi connectivity index (χ3n) is 3.65. The number of rotatable bonds is 4. The van der Waals surface area contributed by atoms with Crippen LogP contribution in [0.4, 0.5) is 0 Å². The molecule has 118 valence electrons. The van der Waals surface area contributed by atoms with Crippen molar-refractivity contribution in [1.82, 2.24) is 10.3 Å². The molecule has 0 saturated heterocycles. The second-order valence-corrected chi connectivity index (χ2v) is 6.71. The van der Waals surface area contributed by atoms with Gasteiger partial charge in [0.2, 0.25) is 0 Å². The summed E-state index contributed by atoms with van der Waals surface area (Å²) in [7, 11) is 0. The highest BCUT2D eigenvalue weighted by Crippen LogP contribution is 2.24. The molecule has 2 aromatic heterocycles. The van der Waals surface area contributed by atoms with Gasteiger partial charge in [0.05, 0.1) is 17.6 Å². The number of nitrogens with one attached hydrogen (secondary N) is 1. The summed E-state index contributed by atoms with van der Waals surface area (Å²) in [6.07, 6.45) is 1.63. The first-order valence-electron chi connectivity index (χ1n) is 7.05. The maximum atomic E-state index is 12.5. The van der Waals surface area contributed by atoms with E-state index in [1.807, 2.05) is 22.9 Å². The van der Waals surface area contributed by atoms with Crippen molar-refractivity contribution < 1.29 is 9.90 Å². The second-order valence-electron chi connectivity index (χ2n) is 5.50. The Bertz CT molecular complexity index is 847. The van der Waals surface area contributed by atoms with Crippen LogP contribution in [0.2, 0.25) is 5.02 Å². The second kappa shape index (κ2) is 6.28. The van der Waals surface area contributed by atoms with Gasteiger partial charge in [-0.25, -0.2) is 0 Å². The van der Waals surface area contributed by atoms with E-state index in [1.165, 1.54) is 11.3 Å². The Kier molecular flexibility index (Phi) is 4.35. The summed E-state index contributed by atoms with van der Waals surface area (Å²) in [6.45, 7) is 1.77. The van der Waals surface area contributed by atoms with Crippen molar-refractivity contribution in [2.24, 2.45) is 0 Å². The van der Waals surface area contributed by atoms with Crippen LogP contribution in [0.1, 0.15) is 22.8 Å². The van der Waals surface area contributed by atoms with E-state index < -0.39 is 5.60 Å². The fourth-order valence-electron chi connectivity index (χ4n) is 2.35. The van der Waals surface area contributed by atoms with Crippen LogP contribution in [0.5, 0.6) is 0 Å². The third-order valence-corrected chi connectivity index (χ3v) is 4.55. The van der Waals surface area contributed by atoms with Gasteiger partial charge < -0.3 is 10.4 Å². The van der Waals surface area contributed by atoms with Gasteiger partial charge in [0.1, 0.15) is 5.60 Å². The Balaban J connectivity index is 1.84. The summed E-state index contributed by atoms with van der Waals surface area (Å²) in [5.41, 5.74) is 0.632. The lowest BCUT2D eigenvalue weighted by Gasteiger charge is -2.23. The van der Waals surface area contributed by atoms with E-state index in [1.54, 1.807) is 31.3 Å². The van der Waals surface area contributed by atoms with E-state index in [2.05, 4.69) is 10.3 Å². The lowest BCUT2D eigenvalue weighted by Crippen LogP contribution is -2.38. The van der Waals surface area contributed by atoms with Gasteiger partial charge in [-0.3, -0.25) is 9.78 Å². The summed E-state index contributed by atoms with van der Waals surface area (Å²) >= 11 is 7.58. The molecule has 0 aliphatic carbocycles. The van der Waals surface area contributed by atoms with E-state index in [4.69, 9.17) is 11.6 Å². The standard InChI is InChI=1S/C17H15ClN2O2S/c1-17(22,12-4-6-23-9-12)10-20-16(21)14-8-13(18)7-11-3-2-5-19-15(11)14/h2-9,22H,10H2,1H3,(H,20,21). The lowest BCUT2D eigenvalue weighted by atomic mass is 9.99. The zero-order chi connectivity index (χ0) is 16.4. The van der Waals surface area contributed by atoms with Crippen LogP contribution in [0.25, 0.3) is 10.9 Å². The fourth-order valence-corrected chi connectivity index (χ4v) is 3.36. The molecule has 0 saturated carbocycles. The maximum Gasteiger partial charge on any atom is 0.253 e. The number of benzene rings is 1. The Morgan fingerprint density at radius 1 is 1.43 bits per heavy atom. The van der Waals surface area contributed by atoms with Crippen LogP contribution in [-0.2, 0) is 5.60 Å². The summed E-state index contributed by atoms with van der Waals surface area (Å²) < 4.78 is 0. The molecule has 1 amide bonds. The molecule has 23 heavy (non-hydrogen) atoms. The van der Waals surface area contributed by atoms with Crippen molar-refractivity contribution in [3.8, 4) is 0 Å². The number of hydrogen-bond acceptors (Lipinski definition) is 4. The summed E-state index contributed by atoms with van der Waals surface area (Å²) in [5.74, 6) is -0.313. The molecule has 0 aliphatic heterocycles. The Morgan fingerprint density at radius 3 is 3.00 bits per heavy atom. The summed E-state index contributed by atoms with van der Waals surface area (Å²) in [4.78, 5) is 16.8. The number of carbonyl (C=O) groups excluding carboxylic acids is 1. The SMILES string of the molecule is CC(O)(CNC(=O)c1cc(Cl)cc2cccnc12)c1ccsc1. The summed E-state index contributed by atoms with van der Waals surface area (Å²) in [6, 6.07) is 8.84. The summed E-state index contributed by atoms with van der Waals surface area (Å²) in [5, 5.41) is 18.3. The normalized spacial score (nSPS) is 13.7. The molecule has 1 atom stereocenters. The van der Waals surface area contributed by atoms with E-state index >= 15 is 0 Å². The Labute approximate surface area is 142 Å². The average molecular weight is 347 g/mol. The minimum absolute atomic E-state index is 0.101. The molecule has 4 nitrogen and oxygen atoms in total. The van der Waals surface area contributed by atoms with Crippen LogP contribution in [0.15, 0.2) is 47.3 Å². The van der Waals surface area contributed by atoms with E-state index in [0.717, 1.165) is 10.9 Å². The highest BCUT2D eigenvalue weighted by atomic mass is 35.5. The number of halogens is 1. The minimum Gasteiger partial charge on any atom is -0.384 e. The molecule has 2 N–H and O–H groups in total. The molecule has 0 radical (unpaired) electrons. The van der Waals surface area contributed by atoms with Gasteiger partial charge in [0, 0.05) is 16.6 Å².